The number of phenolic OH excluding ortho intramolecular Hbond substituents is 1. The number of amides is 1. The summed E-state index contributed by atoms with van der Waals surface area (Å²) in [5.41, 5.74) is 0.370. The van der Waals surface area contributed by atoms with E-state index in [1.807, 2.05) is 31.2 Å². The van der Waals surface area contributed by atoms with Crippen LogP contribution < -0.4 is 0 Å². The molecule has 1 unspecified atom stereocenters. The van der Waals surface area contributed by atoms with Crippen LogP contribution in [0.2, 0.25) is 0 Å². The molecular weight excluding hydrogens is 250 g/mol. The average Bonchev–Trinajstić information content (AvgIpc) is 2.45. The number of carbonyl (C=O) groups excluding carboxylic acids is 1. The van der Waals surface area contributed by atoms with Crippen molar-refractivity contribution >= 4 is 16.7 Å². The highest BCUT2D eigenvalue weighted by molar-refractivity contribution is 6.01. The van der Waals surface area contributed by atoms with Gasteiger partial charge in [0.1, 0.15) is 5.75 Å². The lowest BCUT2D eigenvalue weighted by Gasteiger charge is -2.25. The van der Waals surface area contributed by atoms with E-state index in [1.165, 1.54) is 0 Å². The monoisotopic (exact) mass is 271 g/mol. The van der Waals surface area contributed by atoms with Crippen molar-refractivity contribution in [2.24, 2.45) is 0 Å². The molecular formula is C17H21NO2. The third-order valence-electron chi connectivity index (χ3n) is 3.78. The van der Waals surface area contributed by atoms with Gasteiger partial charge in [-0.15, -0.1) is 0 Å². The highest BCUT2D eigenvalue weighted by Crippen LogP contribution is 2.26. The molecule has 3 nitrogen and oxygen atoms in total. The zero-order chi connectivity index (χ0) is 14.7. The summed E-state index contributed by atoms with van der Waals surface area (Å²) >= 11 is 0. The van der Waals surface area contributed by atoms with Crippen LogP contribution in [-0.4, -0.2) is 29.0 Å². The standard InChI is InChI=1S/C17H21NO2/c1-4-7-12(2)18(3)17(20)15-10-13-8-5-6-9-14(13)11-16(15)19/h5-6,8-12,19H,4,7H2,1-3H3. The van der Waals surface area contributed by atoms with E-state index in [0.29, 0.717) is 5.56 Å². The number of aromatic hydroxyl groups is 1. The first kappa shape index (κ1) is 14.4. The molecule has 0 radical (unpaired) electrons. The second kappa shape index (κ2) is 5.95. The molecule has 0 aliphatic heterocycles. The number of fused-ring (bicyclic) bond motifs is 1. The van der Waals surface area contributed by atoms with Crippen LogP contribution in [0.5, 0.6) is 5.75 Å². The van der Waals surface area contributed by atoms with Crippen molar-refractivity contribution in [3.63, 3.8) is 0 Å². The third kappa shape index (κ3) is 2.77. The number of rotatable bonds is 4. The van der Waals surface area contributed by atoms with Crippen LogP contribution in [0.4, 0.5) is 0 Å². The summed E-state index contributed by atoms with van der Waals surface area (Å²) in [4.78, 5) is 14.2. The maximum atomic E-state index is 12.5. The first-order chi connectivity index (χ1) is 9.54. The molecule has 0 saturated carbocycles. The number of hydrogen-bond donors (Lipinski definition) is 1. The summed E-state index contributed by atoms with van der Waals surface area (Å²) in [5.74, 6) is -0.0848. The Bertz CT molecular complexity index is 621. The quantitative estimate of drug-likeness (QED) is 0.918. The fourth-order valence-corrected chi connectivity index (χ4v) is 2.40. The van der Waals surface area contributed by atoms with Gasteiger partial charge in [-0.3, -0.25) is 4.79 Å². The summed E-state index contributed by atoms with van der Waals surface area (Å²) in [6, 6.07) is 11.3. The van der Waals surface area contributed by atoms with Gasteiger partial charge in [0.05, 0.1) is 5.56 Å². The number of benzene rings is 2. The molecule has 0 aliphatic carbocycles. The van der Waals surface area contributed by atoms with Crippen LogP contribution in [0, 0.1) is 0 Å². The minimum Gasteiger partial charge on any atom is -0.507 e. The Balaban J connectivity index is 2.36. The Morgan fingerprint density at radius 1 is 1.25 bits per heavy atom. The average molecular weight is 271 g/mol. The Labute approximate surface area is 119 Å². The van der Waals surface area contributed by atoms with Gasteiger partial charge in [0.25, 0.3) is 5.91 Å². The zero-order valence-electron chi connectivity index (χ0n) is 12.3. The third-order valence-corrected chi connectivity index (χ3v) is 3.78. The van der Waals surface area contributed by atoms with Crippen molar-refractivity contribution in [2.45, 2.75) is 32.7 Å². The Morgan fingerprint density at radius 3 is 2.45 bits per heavy atom. The lowest BCUT2D eigenvalue weighted by Crippen LogP contribution is -2.35. The first-order valence-electron chi connectivity index (χ1n) is 7.03. The molecule has 106 valence electrons. The Morgan fingerprint density at radius 2 is 1.85 bits per heavy atom. The summed E-state index contributed by atoms with van der Waals surface area (Å²) in [7, 11) is 1.79. The topological polar surface area (TPSA) is 40.5 Å². The molecule has 0 aromatic heterocycles. The Hall–Kier alpha value is -2.03. The van der Waals surface area contributed by atoms with E-state index in [-0.39, 0.29) is 17.7 Å². The van der Waals surface area contributed by atoms with E-state index in [1.54, 1.807) is 24.1 Å². The molecule has 0 heterocycles. The van der Waals surface area contributed by atoms with Gasteiger partial charge < -0.3 is 10.0 Å². The summed E-state index contributed by atoms with van der Waals surface area (Å²) in [5, 5.41) is 12.0. The van der Waals surface area contributed by atoms with E-state index in [0.717, 1.165) is 23.6 Å². The molecule has 2 aromatic rings. The molecule has 20 heavy (non-hydrogen) atoms. The van der Waals surface area contributed by atoms with E-state index in [9.17, 15) is 9.90 Å². The maximum absolute atomic E-state index is 12.5. The van der Waals surface area contributed by atoms with Gasteiger partial charge in [-0.25, -0.2) is 0 Å². The summed E-state index contributed by atoms with van der Waals surface area (Å²) < 4.78 is 0. The van der Waals surface area contributed by atoms with E-state index in [2.05, 4.69) is 6.92 Å². The van der Waals surface area contributed by atoms with Crippen LogP contribution in [0.15, 0.2) is 36.4 Å². The van der Waals surface area contributed by atoms with Crippen molar-refractivity contribution in [1.82, 2.24) is 4.90 Å². The van der Waals surface area contributed by atoms with Crippen molar-refractivity contribution in [3.8, 4) is 5.75 Å². The van der Waals surface area contributed by atoms with Crippen molar-refractivity contribution in [3.05, 3.63) is 42.0 Å². The molecule has 2 rings (SSSR count). The molecule has 0 spiro atoms. The van der Waals surface area contributed by atoms with Gasteiger partial charge in [0, 0.05) is 13.1 Å². The molecule has 0 saturated heterocycles. The molecule has 1 N–H and O–H groups in total. The van der Waals surface area contributed by atoms with E-state index in [4.69, 9.17) is 0 Å². The smallest absolute Gasteiger partial charge is 0.257 e. The fourth-order valence-electron chi connectivity index (χ4n) is 2.40. The summed E-state index contributed by atoms with van der Waals surface area (Å²) in [6.07, 6.45) is 1.99. The molecule has 1 amide bonds. The van der Waals surface area contributed by atoms with Crippen LogP contribution in [0.3, 0.4) is 0 Å². The normalized spacial score (nSPS) is 12.3. The van der Waals surface area contributed by atoms with Gasteiger partial charge in [-0.1, -0.05) is 37.6 Å². The van der Waals surface area contributed by atoms with E-state index >= 15 is 0 Å². The number of nitrogens with zero attached hydrogens (tertiary/aromatic N) is 1. The summed E-state index contributed by atoms with van der Waals surface area (Å²) in [6.45, 7) is 4.13. The number of hydrogen-bond acceptors (Lipinski definition) is 2. The predicted molar refractivity (Wildman–Crippen MR) is 82.1 cm³/mol. The lowest BCUT2D eigenvalue weighted by atomic mass is 10.0. The molecule has 0 bridgehead atoms. The second-order valence-corrected chi connectivity index (χ2v) is 5.27. The maximum Gasteiger partial charge on any atom is 0.257 e. The molecule has 1 atom stereocenters. The van der Waals surface area contributed by atoms with Gasteiger partial charge in [0.15, 0.2) is 0 Å². The van der Waals surface area contributed by atoms with Crippen molar-refractivity contribution in [2.75, 3.05) is 7.05 Å². The first-order valence-corrected chi connectivity index (χ1v) is 7.03. The minimum absolute atomic E-state index is 0.0456. The van der Waals surface area contributed by atoms with Crippen LogP contribution >= 0.6 is 0 Å². The highest BCUT2D eigenvalue weighted by atomic mass is 16.3. The van der Waals surface area contributed by atoms with Gasteiger partial charge in [-0.05, 0) is 36.2 Å². The Kier molecular flexibility index (Phi) is 4.28. The molecule has 0 fully saturated rings. The number of carbonyl (C=O) groups is 1. The minimum atomic E-state index is -0.130. The predicted octanol–water partition coefficient (Wildman–Crippen LogP) is 3.81. The van der Waals surface area contributed by atoms with Gasteiger partial charge in [-0.2, -0.15) is 0 Å². The molecule has 2 aromatic carbocycles. The van der Waals surface area contributed by atoms with Crippen molar-refractivity contribution in [1.29, 1.82) is 0 Å². The van der Waals surface area contributed by atoms with Gasteiger partial charge >= 0.3 is 0 Å². The van der Waals surface area contributed by atoms with Crippen molar-refractivity contribution < 1.29 is 9.90 Å². The zero-order valence-corrected chi connectivity index (χ0v) is 12.3. The van der Waals surface area contributed by atoms with E-state index < -0.39 is 0 Å². The fraction of sp³-hybridized carbons (Fsp3) is 0.353. The molecule has 0 aliphatic rings. The van der Waals surface area contributed by atoms with Crippen LogP contribution in [0.1, 0.15) is 37.0 Å². The highest BCUT2D eigenvalue weighted by Gasteiger charge is 2.20. The van der Waals surface area contributed by atoms with Crippen LogP contribution in [0.25, 0.3) is 10.8 Å². The largest absolute Gasteiger partial charge is 0.507 e. The van der Waals surface area contributed by atoms with Gasteiger partial charge in [0.2, 0.25) is 0 Å². The molecule has 3 heteroatoms. The second-order valence-electron chi connectivity index (χ2n) is 5.27. The lowest BCUT2D eigenvalue weighted by molar-refractivity contribution is 0.0734. The number of phenols is 1. The van der Waals surface area contributed by atoms with Crippen LogP contribution in [-0.2, 0) is 0 Å². The SMILES string of the molecule is CCCC(C)N(C)C(=O)c1cc2ccccc2cc1O.